The average molecular weight is 659 g/mol. The Hall–Kier alpha value is -3.44. The van der Waals surface area contributed by atoms with E-state index in [1.165, 1.54) is 6.08 Å². The van der Waals surface area contributed by atoms with Crippen LogP contribution in [0.15, 0.2) is 12.7 Å². The predicted molar refractivity (Wildman–Crippen MR) is 180 cm³/mol. The summed E-state index contributed by atoms with van der Waals surface area (Å²) < 4.78 is 0. The Kier molecular flexibility index (Phi) is 14.7. The molecule has 0 radical (unpaired) electrons. The molecule has 0 aromatic carbocycles. The van der Waals surface area contributed by atoms with Crippen LogP contribution in [0.1, 0.15) is 111 Å². The molecule has 12 heteroatoms. The molecule has 3 aliphatic rings. The number of hydrogen-bond donors (Lipinski definition) is 4. The van der Waals surface area contributed by atoms with E-state index in [0.29, 0.717) is 51.7 Å². The minimum Gasteiger partial charge on any atom is -0.346 e. The largest absolute Gasteiger partial charge is 0.346 e. The summed E-state index contributed by atoms with van der Waals surface area (Å²) in [6.45, 7) is 13.1. The van der Waals surface area contributed by atoms with Crippen molar-refractivity contribution < 1.29 is 28.8 Å². The van der Waals surface area contributed by atoms with Crippen LogP contribution in [-0.4, -0.2) is 95.6 Å². The number of carbonyl (C=O) groups excluding carboxylic acids is 6. The zero-order chi connectivity index (χ0) is 34.6. The van der Waals surface area contributed by atoms with E-state index in [1.807, 2.05) is 32.6 Å². The van der Waals surface area contributed by atoms with Crippen molar-refractivity contribution in [3.05, 3.63) is 12.7 Å². The number of rotatable bonds is 15. The summed E-state index contributed by atoms with van der Waals surface area (Å²) in [6, 6.07) is -3.42. The van der Waals surface area contributed by atoms with Crippen molar-refractivity contribution >= 4 is 35.4 Å². The Balaban J connectivity index is 1.75. The Morgan fingerprint density at radius 1 is 0.936 bits per heavy atom. The summed E-state index contributed by atoms with van der Waals surface area (Å²) in [6.07, 6.45) is 11.1. The van der Waals surface area contributed by atoms with Crippen LogP contribution < -0.4 is 21.3 Å². The Morgan fingerprint density at radius 3 is 2.30 bits per heavy atom. The lowest BCUT2D eigenvalue weighted by molar-refractivity contribution is -0.143. The molecule has 3 rings (SSSR count). The van der Waals surface area contributed by atoms with Gasteiger partial charge in [0.2, 0.25) is 23.5 Å². The minimum absolute atomic E-state index is 0.0736. The number of nitrogens with one attached hydrogen (secondary N) is 4. The monoisotopic (exact) mass is 658 g/mol. The van der Waals surface area contributed by atoms with Crippen LogP contribution in [0.25, 0.3) is 0 Å². The van der Waals surface area contributed by atoms with Gasteiger partial charge in [-0.05, 0) is 56.3 Å². The molecule has 4 N–H and O–H groups in total. The van der Waals surface area contributed by atoms with Gasteiger partial charge < -0.3 is 31.1 Å². The summed E-state index contributed by atoms with van der Waals surface area (Å²) in [7, 11) is 0. The predicted octanol–water partition coefficient (Wildman–Crippen LogP) is 3.20. The molecule has 0 aromatic heterocycles. The van der Waals surface area contributed by atoms with Crippen LogP contribution in [0.2, 0.25) is 0 Å². The molecule has 47 heavy (non-hydrogen) atoms. The first-order chi connectivity index (χ1) is 22.4. The topological polar surface area (TPSA) is 157 Å². The smallest absolute Gasteiger partial charge is 0.315 e. The van der Waals surface area contributed by atoms with Gasteiger partial charge in [-0.25, -0.2) is 4.79 Å². The van der Waals surface area contributed by atoms with Crippen molar-refractivity contribution in [3.8, 4) is 0 Å². The molecule has 4 atom stereocenters. The standard InChI is InChI=1S/C35H58N6O6/c1-6-8-17-25(30(43)32(45)36-20-7-2)37-31(44)26-18-14-22-41(26)33(46)29(24-15-10-9-11-16-24)39-34(47)38-27(35(3,4)5)23-40-21-13-12-19-28(40)42/h7,24-27,29H,2,6,8-23H2,1,3-5H3,(H,36,45)(H,37,44)(H2,38,39,47)/t25?,26-,27+,29-/m0/s1. The maximum atomic E-state index is 14.3. The molecule has 1 unspecified atom stereocenters. The molecule has 0 spiro atoms. The van der Waals surface area contributed by atoms with E-state index in [0.717, 1.165) is 51.4 Å². The highest BCUT2D eigenvalue weighted by atomic mass is 16.2. The molecule has 2 saturated heterocycles. The van der Waals surface area contributed by atoms with E-state index in [4.69, 9.17) is 0 Å². The number of piperidine rings is 1. The third-order valence-electron chi connectivity index (χ3n) is 9.80. The van der Waals surface area contributed by atoms with E-state index >= 15 is 0 Å². The highest BCUT2D eigenvalue weighted by Gasteiger charge is 2.42. The molecule has 12 nitrogen and oxygen atoms in total. The van der Waals surface area contributed by atoms with E-state index in [2.05, 4.69) is 27.8 Å². The van der Waals surface area contributed by atoms with Gasteiger partial charge in [-0.2, -0.15) is 0 Å². The fourth-order valence-corrected chi connectivity index (χ4v) is 6.84. The minimum atomic E-state index is -0.996. The lowest BCUT2D eigenvalue weighted by Crippen LogP contribution is -2.61. The first kappa shape index (κ1) is 38.0. The molecular formula is C35H58N6O6. The number of hydrogen-bond acceptors (Lipinski definition) is 6. The number of amides is 6. The van der Waals surface area contributed by atoms with Crippen molar-refractivity contribution in [2.24, 2.45) is 11.3 Å². The summed E-state index contributed by atoms with van der Waals surface area (Å²) in [5.74, 6) is -2.25. The van der Waals surface area contributed by atoms with Crippen LogP contribution in [-0.2, 0) is 24.0 Å². The van der Waals surface area contributed by atoms with Crippen LogP contribution in [0.5, 0.6) is 0 Å². The second kappa shape index (κ2) is 18.2. The van der Waals surface area contributed by atoms with Gasteiger partial charge in [0.25, 0.3) is 5.91 Å². The summed E-state index contributed by atoms with van der Waals surface area (Å²) in [5, 5.41) is 11.4. The van der Waals surface area contributed by atoms with E-state index in [1.54, 1.807) is 4.90 Å². The zero-order valence-corrected chi connectivity index (χ0v) is 29.0. The Morgan fingerprint density at radius 2 is 1.66 bits per heavy atom. The molecule has 3 fully saturated rings. The molecule has 2 aliphatic heterocycles. The van der Waals surface area contributed by atoms with Crippen molar-refractivity contribution in [1.82, 2.24) is 31.1 Å². The first-order valence-electron chi connectivity index (χ1n) is 17.8. The maximum absolute atomic E-state index is 14.3. The van der Waals surface area contributed by atoms with Crippen molar-refractivity contribution in [2.75, 3.05) is 26.2 Å². The van der Waals surface area contributed by atoms with Gasteiger partial charge in [-0.1, -0.05) is 65.9 Å². The van der Waals surface area contributed by atoms with Crippen molar-refractivity contribution in [3.63, 3.8) is 0 Å². The quantitative estimate of drug-likeness (QED) is 0.156. The van der Waals surface area contributed by atoms with Gasteiger partial charge in [0.05, 0.1) is 12.1 Å². The van der Waals surface area contributed by atoms with Gasteiger partial charge in [-0.3, -0.25) is 24.0 Å². The van der Waals surface area contributed by atoms with E-state index in [9.17, 15) is 28.8 Å². The van der Waals surface area contributed by atoms with E-state index < -0.39 is 41.8 Å². The zero-order valence-electron chi connectivity index (χ0n) is 29.0. The molecule has 2 heterocycles. The fourth-order valence-electron chi connectivity index (χ4n) is 6.84. The molecule has 0 aromatic rings. The number of carbonyl (C=O) groups is 6. The summed E-state index contributed by atoms with van der Waals surface area (Å²) >= 11 is 0. The lowest BCUT2D eigenvalue weighted by atomic mass is 9.83. The summed E-state index contributed by atoms with van der Waals surface area (Å²) in [4.78, 5) is 82.8. The second-order valence-corrected chi connectivity index (χ2v) is 14.5. The fraction of sp³-hybridized carbons (Fsp3) is 0.771. The van der Waals surface area contributed by atoms with Crippen LogP contribution in [0, 0.1) is 11.3 Å². The lowest BCUT2D eigenvalue weighted by Gasteiger charge is -2.38. The maximum Gasteiger partial charge on any atom is 0.315 e. The van der Waals surface area contributed by atoms with Crippen LogP contribution in [0.4, 0.5) is 4.79 Å². The van der Waals surface area contributed by atoms with Gasteiger partial charge in [0, 0.05) is 32.6 Å². The Bertz CT molecular complexity index is 1130. The average Bonchev–Trinajstić information content (AvgIpc) is 3.55. The third kappa shape index (κ3) is 11.1. The van der Waals surface area contributed by atoms with Crippen molar-refractivity contribution in [1.29, 1.82) is 0 Å². The van der Waals surface area contributed by atoms with Crippen LogP contribution >= 0.6 is 0 Å². The number of urea groups is 1. The molecule has 6 amide bonds. The number of ketones is 1. The van der Waals surface area contributed by atoms with Crippen molar-refractivity contribution in [2.45, 2.75) is 135 Å². The third-order valence-corrected chi connectivity index (χ3v) is 9.80. The van der Waals surface area contributed by atoms with Gasteiger partial charge in [0.15, 0.2) is 0 Å². The first-order valence-corrected chi connectivity index (χ1v) is 17.8. The molecule has 1 saturated carbocycles. The molecule has 0 bridgehead atoms. The number of unbranched alkanes of at least 4 members (excludes halogenated alkanes) is 1. The summed E-state index contributed by atoms with van der Waals surface area (Å²) in [5.41, 5.74) is -0.341. The molecular weight excluding hydrogens is 600 g/mol. The number of nitrogens with zero attached hydrogens (tertiary/aromatic N) is 2. The molecule has 264 valence electrons. The number of Topliss-reactive ketones (excluding diaryl/α,β-unsaturated/α-hetero) is 1. The highest BCUT2D eigenvalue weighted by molar-refractivity contribution is 6.38. The number of likely N-dealkylation sites (tertiary alicyclic amines) is 2. The highest BCUT2D eigenvalue weighted by Crippen LogP contribution is 2.30. The van der Waals surface area contributed by atoms with Gasteiger partial charge >= 0.3 is 6.03 Å². The SMILES string of the molecule is C=CCNC(=O)C(=O)C(CCCC)NC(=O)[C@@H]1CCCN1C(=O)[C@@H](NC(=O)N[C@H](CN1CCCCC1=O)C(C)(C)C)C1CCCCC1. The van der Waals surface area contributed by atoms with E-state index in [-0.39, 0.29) is 35.7 Å². The molecule has 1 aliphatic carbocycles. The normalized spacial score (nSPS) is 20.9. The Labute approximate surface area is 280 Å². The van der Waals surface area contributed by atoms with Crippen LogP contribution in [0.3, 0.4) is 0 Å². The van der Waals surface area contributed by atoms with Gasteiger partial charge in [0.1, 0.15) is 12.1 Å². The van der Waals surface area contributed by atoms with Gasteiger partial charge in [-0.15, -0.1) is 6.58 Å². The second-order valence-electron chi connectivity index (χ2n) is 14.5.